The summed E-state index contributed by atoms with van der Waals surface area (Å²) >= 11 is 5.81. The van der Waals surface area contributed by atoms with Crippen molar-refractivity contribution in [1.82, 2.24) is 0 Å². The Hall–Kier alpha value is -3.96. The highest BCUT2D eigenvalue weighted by atomic mass is 35.5. The minimum absolute atomic E-state index is 0.148. The van der Waals surface area contributed by atoms with Crippen LogP contribution >= 0.6 is 11.6 Å². The second-order valence-corrected chi connectivity index (χ2v) is 6.19. The lowest BCUT2D eigenvalue weighted by Crippen LogP contribution is -2.13. The predicted octanol–water partition coefficient (Wildman–Crippen LogP) is 5.19. The van der Waals surface area contributed by atoms with Gasteiger partial charge in [-0.2, -0.15) is 5.26 Å². The summed E-state index contributed by atoms with van der Waals surface area (Å²) in [6.07, 6.45) is 1.20. The zero-order valence-corrected chi connectivity index (χ0v) is 15.3. The standard InChI is InChI=1S/C20H11ClFN3O4/c21-13-1-7-17(18(10-13)25(27)28)19-8-6-16(29-19)9-12(11-23)20(26)24-15-4-2-14(22)3-5-15/h1-10H,(H,24,26). The van der Waals surface area contributed by atoms with Crippen molar-refractivity contribution in [2.45, 2.75) is 0 Å². The molecule has 0 aliphatic rings. The van der Waals surface area contributed by atoms with E-state index in [9.17, 15) is 24.6 Å². The van der Waals surface area contributed by atoms with Crippen molar-refractivity contribution in [1.29, 1.82) is 5.26 Å². The number of carbonyl (C=O) groups is 1. The molecule has 29 heavy (non-hydrogen) atoms. The average molecular weight is 412 g/mol. The number of rotatable bonds is 5. The number of halogens is 2. The molecule has 144 valence electrons. The summed E-state index contributed by atoms with van der Waals surface area (Å²) in [5.74, 6) is -0.848. The fraction of sp³-hybridized carbons (Fsp3) is 0. The van der Waals surface area contributed by atoms with Gasteiger partial charge in [-0.1, -0.05) is 11.6 Å². The zero-order valence-electron chi connectivity index (χ0n) is 14.6. The van der Waals surface area contributed by atoms with E-state index in [1.165, 1.54) is 60.7 Å². The van der Waals surface area contributed by atoms with Gasteiger partial charge in [-0.3, -0.25) is 14.9 Å². The molecule has 0 saturated heterocycles. The second-order valence-electron chi connectivity index (χ2n) is 5.75. The van der Waals surface area contributed by atoms with Gasteiger partial charge < -0.3 is 9.73 Å². The zero-order chi connectivity index (χ0) is 21.0. The lowest BCUT2D eigenvalue weighted by Gasteiger charge is -2.03. The molecular formula is C20H11ClFN3O4. The van der Waals surface area contributed by atoms with Gasteiger partial charge in [0.1, 0.15) is 29.0 Å². The Morgan fingerprint density at radius 1 is 1.21 bits per heavy atom. The van der Waals surface area contributed by atoms with Crippen molar-refractivity contribution >= 4 is 35.0 Å². The summed E-state index contributed by atoms with van der Waals surface area (Å²) in [7, 11) is 0. The molecule has 0 atom stereocenters. The van der Waals surface area contributed by atoms with Gasteiger partial charge in [-0.05, 0) is 48.5 Å². The van der Waals surface area contributed by atoms with Crippen LogP contribution in [0.5, 0.6) is 0 Å². The Labute approximate surface area is 168 Å². The maximum atomic E-state index is 12.9. The monoisotopic (exact) mass is 411 g/mol. The Balaban J connectivity index is 1.86. The van der Waals surface area contributed by atoms with E-state index in [1.807, 2.05) is 0 Å². The normalized spacial score (nSPS) is 11.0. The summed E-state index contributed by atoms with van der Waals surface area (Å²) < 4.78 is 18.5. The van der Waals surface area contributed by atoms with Crippen molar-refractivity contribution in [3.05, 3.63) is 86.9 Å². The third-order valence-electron chi connectivity index (χ3n) is 3.80. The lowest BCUT2D eigenvalue weighted by atomic mass is 10.1. The smallest absolute Gasteiger partial charge is 0.281 e. The van der Waals surface area contributed by atoms with E-state index in [1.54, 1.807) is 6.07 Å². The number of carbonyl (C=O) groups excluding carboxylic acids is 1. The van der Waals surface area contributed by atoms with Crippen LogP contribution in [0.4, 0.5) is 15.8 Å². The van der Waals surface area contributed by atoms with E-state index in [0.717, 1.165) is 0 Å². The van der Waals surface area contributed by atoms with Gasteiger partial charge in [0.25, 0.3) is 11.6 Å². The largest absolute Gasteiger partial charge is 0.456 e. The fourth-order valence-electron chi connectivity index (χ4n) is 2.46. The SMILES string of the molecule is N#CC(=Cc1ccc(-c2ccc(Cl)cc2[N+](=O)[O-])o1)C(=O)Nc1ccc(F)cc1. The first-order valence-electron chi connectivity index (χ1n) is 8.10. The number of nitriles is 1. The Morgan fingerprint density at radius 3 is 2.59 bits per heavy atom. The Kier molecular flexibility index (Phi) is 5.71. The lowest BCUT2D eigenvalue weighted by molar-refractivity contribution is -0.384. The molecule has 0 bridgehead atoms. The molecule has 0 saturated carbocycles. The third kappa shape index (κ3) is 4.66. The molecule has 1 N–H and O–H groups in total. The molecule has 0 aliphatic heterocycles. The van der Waals surface area contributed by atoms with Crippen LogP contribution in [0.2, 0.25) is 5.02 Å². The number of benzene rings is 2. The number of amides is 1. The number of nitro benzene ring substituents is 1. The van der Waals surface area contributed by atoms with E-state index in [2.05, 4.69) is 5.32 Å². The molecule has 2 aromatic carbocycles. The Bertz CT molecular complexity index is 1160. The van der Waals surface area contributed by atoms with Crippen LogP contribution in [0.1, 0.15) is 5.76 Å². The molecule has 7 nitrogen and oxygen atoms in total. The highest BCUT2D eigenvalue weighted by molar-refractivity contribution is 6.30. The van der Waals surface area contributed by atoms with Gasteiger partial charge in [-0.15, -0.1) is 0 Å². The van der Waals surface area contributed by atoms with Crippen LogP contribution in [-0.2, 0) is 4.79 Å². The summed E-state index contributed by atoms with van der Waals surface area (Å²) in [4.78, 5) is 22.9. The van der Waals surface area contributed by atoms with Crippen molar-refractivity contribution in [3.8, 4) is 17.4 Å². The number of nitro groups is 1. The first-order chi connectivity index (χ1) is 13.9. The molecule has 0 unspecified atom stereocenters. The number of nitrogens with zero attached hydrogens (tertiary/aromatic N) is 2. The van der Waals surface area contributed by atoms with Crippen LogP contribution in [0, 0.1) is 27.3 Å². The van der Waals surface area contributed by atoms with E-state index in [0.29, 0.717) is 5.69 Å². The molecule has 0 fully saturated rings. The highest BCUT2D eigenvalue weighted by Gasteiger charge is 2.19. The van der Waals surface area contributed by atoms with Crippen LogP contribution < -0.4 is 5.32 Å². The third-order valence-corrected chi connectivity index (χ3v) is 4.04. The molecule has 9 heteroatoms. The molecule has 1 amide bonds. The van der Waals surface area contributed by atoms with Crippen molar-refractivity contribution in [2.24, 2.45) is 0 Å². The van der Waals surface area contributed by atoms with Gasteiger partial charge in [0.2, 0.25) is 0 Å². The minimum Gasteiger partial charge on any atom is -0.456 e. The molecule has 0 spiro atoms. The summed E-state index contributed by atoms with van der Waals surface area (Å²) in [6, 6.07) is 13.9. The van der Waals surface area contributed by atoms with Crippen LogP contribution in [0.3, 0.4) is 0 Å². The van der Waals surface area contributed by atoms with E-state index in [4.69, 9.17) is 16.0 Å². The van der Waals surface area contributed by atoms with Crippen LogP contribution in [-0.4, -0.2) is 10.8 Å². The maximum absolute atomic E-state index is 12.9. The average Bonchev–Trinajstić information content (AvgIpc) is 3.16. The first-order valence-corrected chi connectivity index (χ1v) is 8.48. The maximum Gasteiger partial charge on any atom is 0.281 e. The second kappa shape index (κ2) is 8.37. The number of hydrogen-bond donors (Lipinski definition) is 1. The van der Waals surface area contributed by atoms with Gasteiger partial charge >= 0.3 is 0 Å². The highest BCUT2D eigenvalue weighted by Crippen LogP contribution is 2.33. The summed E-state index contributed by atoms with van der Waals surface area (Å²) in [5.41, 5.74) is 0.0144. The molecule has 3 aromatic rings. The van der Waals surface area contributed by atoms with Crippen molar-refractivity contribution < 1.29 is 18.5 Å². The van der Waals surface area contributed by atoms with Gasteiger partial charge in [0.05, 0.1) is 10.5 Å². The predicted molar refractivity (Wildman–Crippen MR) is 104 cm³/mol. The van der Waals surface area contributed by atoms with Crippen molar-refractivity contribution in [3.63, 3.8) is 0 Å². The number of nitrogens with one attached hydrogen (secondary N) is 1. The molecule has 1 aromatic heterocycles. The summed E-state index contributed by atoms with van der Waals surface area (Å²) in [5, 5.41) is 23.2. The van der Waals surface area contributed by atoms with Crippen molar-refractivity contribution in [2.75, 3.05) is 5.32 Å². The van der Waals surface area contributed by atoms with E-state index < -0.39 is 16.6 Å². The quantitative estimate of drug-likeness (QED) is 0.269. The van der Waals surface area contributed by atoms with E-state index >= 15 is 0 Å². The molecule has 3 rings (SSSR count). The fourth-order valence-corrected chi connectivity index (χ4v) is 2.63. The number of hydrogen-bond acceptors (Lipinski definition) is 5. The first kappa shape index (κ1) is 19.8. The van der Waals surface area contributed by atoms with Gasteiger partial charge in [-0.25, -0.2) is 4.39 Å². The van der Waals surface area contributed by atoms with Crippen LogP contribution in [0.25, 0.3) is 17.4 Å². The minimum atomic E-state index is -0.713. The number of furan rings is 1. The molecule has 0 radical (unpaired) electrons. The molecular weight excluding hydrogens is 401 g/mol. The Morgan fingerprint density at radius 2 is 1.93 bits per heavy atom. The topological polar surface area (TPSA) is 109 Å². The molecule has 0 aliphatic carbocycles. The summed E-state index contributed by atoms with van der Waals surface area (Å²) in [6.45, 7) is 0. The van der Waals surface area contributed by atoms with Gasteiger partial charge in [0, 0.05) is 22.9 Å². The van der Waals surface area contributed by atoms with Gasteiger partial charge in [0.15, 0.2) is 0 Å². The number of anilines is 1. The molecule has 1 heterocycles. The van der Waals surface area contributed by atoms with E-state index in [-0.39, 0.29) is 33.4 Å². The van der Waals surface area contributed by atoms with Crippen LogP contribution in [0.15, 0.2) is 64.6 Å².